The first-order valence-corrected chi connectivity index (χ1v) is 6.22. The van der Waals surface area contributed by atoms with Crippen molar-refractivity contribution in [1.29, 1.82) is 0 Å². The summed E-state index contributed by atoms with van der Waals surface area (Å²) in [4.78, 5) is 8.90. The van der Waals surface area contributed by atoms with E-state index in [1.54, 1.807) is 13.2 Å². The Morgan fingerprint density at radius 2 is 2.24 bits per heavy atom. The maximum absolute atomic E-state index is 5.81. The van der Waals surface area contributed by atoms with Crippen molar-refractivity contribution in [3.63, 3.8) is 0 Å². The lowest BCUT2D eigenvalue weighted by Gasteiger charge is -2.37. The number of anilines is 1. The molecule has 2 unspecified atom stereocenters. The van der Waals surface area contributed by atoms with Crippen LogP contribution >= 0.6 is 0 Å². The summed E-state index contributed by atoms with van der Waals surface area (Å²) < 4.78 is 5.76. The van der Waals surface area contributed by atoms with Crippen LogP contribution in [-0.2, 0) is 10.3 Å². The van der Waals surface area contributed by atoms with E-state index in [2.05, 4.69) is 16.9 Å². The summed E-state index contributed by atoms with van der Waals surface area (Å²) in [5.41, 5.74) is 6.38. The van der Waals surface area contributed by atoms with Gasteiger partial charge in [0.1, 0.15) is 11.4 Å². The van der Waals surface area contributed by atoms with Gasteiger partial charge in [-0.1, -0.05) is 13.3 Å². The minimum absolute atomic E-state index is 0.336. The van der Waals surface area contributed by atoms with Gasteiger partial charge in [0.05, 0.1) is 0 Å². The Labute approximate surface area is 103 Å². The lowest BCUT2D eigenvalue weighted by molar-refractivity contribution is -0.0646. The molecule has 1 saturated carbocycles. The van der Waals surface area contributed by atoms with Gasteiger partial charge in [-0.3, -0.25) is 0 Å². The van der Waals surface area contributed by atoms with Crippen molar-refractivity contribution >= 4 is 5.82 Å². The molecule has 0 bridgehead atoms. The Balaban J connectivity index is 2.39. The molecule has 1 aliphatic carbocycles. The van der Waals surface area contributed by atoms with Crippen molar-refractivity contribution in [2.24, 2.45) is 5.92 Å². The molecule has 0 spiro atoms. The van der Waals surface area contributed by atoms with Gasteiger partial charge in [-0.2, -0.15) is 0 Å². The maximum atomic E-state index is 5.81. The third-order valence-corrected chi connectivity index (χ3v) is 3.63. The number of nitrogens with two attached hydrogens (primary N) is 1. The Bertz CT molecular complexity index is 387. The van der Waals surface area contributed by atoms with Crippen LogP contribution < -0.4 is 5.73 Å². The molecule has 1 aromatic heterocycles. The summed E-state index contributed by atoms with van der Waals surface area (Å²) in [6.07, 6.45) is 4.38. The highest BCUT2D eigenvalue weighted by molar-refractivity contribution is 5.30. The third kappa shape index (κ3) is 2.41. The number of aryl methyl sites for hydroxylation is 1. The first-order chi connectivity index (χ1) is 8.05. The van der Waals surface area contributed by atoms with Gasteiger partial charge in [-0.15, -0.1) is 0 Å². The highest BCUT2D eigenvalue weighted by Crippen LogP contribution is 2.41. The smallest absolute Gasteiger partial charge is 0.162 e. The van der Waals surface area contributed by atoms with Crippen molar-refractivity contribution in [1.82, 2.24) is 9.97 Å². The minimum Gasteiger partial charge on any atom is -0.384 e. The molecular weight excluding hydrogens is 214 g/mol. The average molecular weight is 235 g/mol. The fraction of sp³-hybridized carbons (Fsp3) is 0.692. The van der Waals surface area contributed by atoms with Crippen LogP contribution in [0.5, 0.6) is 0 Å². The molecule has 0 amide bonds. The lowest BCUT2D eigenvalue weighted by Crippen LogP contribution is -2.36. The molecule has 94 valence electrons. The molecule has 4 heteroatoms. The van der Waals surface area contributed by atoms with E-state index in [9.17, 15) is 0 Å². The molecule has 0 radical (unpaired) electrons. The number of hydrogen-bond acceptors (Lipinski definition) is 4. The van der Waals surface area contributed by atoms with Crippen LogP contribution in [0.2, 0.25) is 0 Å². The largest absolute Gasteiger partial charge is 0.384 e. The van der Waals surface area contributed by atoms with Crippen molar-refractivity contribution in [2.75, 3.05) is 12.8 Å². The number of aromatic nitrogens is 2. The van der Waals surface area contributed by atoms with Gasteiger partial charge in [-0.05, 0) is 32.1 Å². The molecule has 1 fully saturated rings. The van der Waals surface area contributed by atoms with Crippen molar-refractivity contribution in [2.45, 2.75) is 45.1 Å². The number of methoxy groups -OCH3 is 1. The van der Waals surface area contributed by atoms with E-state index in [1.165, 1.54) is 6.42 Å². The van der Waals surface area contributed by atoms with Gasteiger partial charge < -0.3 is 10.5 Å². The topological polar surface area (TPSA) is 61.0 Å². The standard InChI is InChI=1S/C13H21N3O/c1-9-5-4-6-13(8-9,17-3)12-15-10(2)7-11(14)16-12/h7,9H,4-6,8H2,1-3H3,(H2,14,15,16). The molecule has 4 nitrogen and oxygen atoms in total. The molecule has 2 N–H and O–H groups in total. The van der Waals surface area contributed by atoms with Crippen molar-refractivity contribution < 1.29 is 4.74 Å². The molecule has 0 aliphatic heterocycles. The van der Waals surface area contributed by atoms with E-state index >= 15 is 0 Å². The van der Waals surface area contributed by atoms with E-state index in [4.69, 9.17) is 10.5 Å². The summed E-state index contributed by atoms with van der Waals surface area (Å²) in [5, 5.41) is 0. The second-order valence-corrected chi connectivity index (χ2v) is 5.16. The maximum Gasteiger partial charge on any atom is 0.162 e. The molecule has 2 atom stereocenters. The number of ether oxygens (including phenoxy) is 1. The zero-order valence-electron chi connectivity index (χ0n) is 10.9. The first-order valence-electron chi connectivity index (χ1n) is 6.22. The fourth-order valence-corrected chi connectivity index (χ4v) is 2.78. The normalized spacial score (nSPS) is 29.2. The third-order valence-electron chi connectivity index (χ3n) is 3.63. The summed E-state index contributed by atoms with van der Waals surface area (Å²) in [6, 6.07) is 1.79. The molecule has 17 heavy (non-hydrogen) atoms. The fourth-order valence-electron chi connectivity index (χ4n) is 2.78. The minimum atomic E-state index is -0.336. The Hall–Kier alpha value is -1.16. The molecular formula is C13H21N3O. The van der Waals surface area contributed by atoms with Gasteiger partial charge in [0.15, 0.2) is 5.82 Å². The summed E-state index contributed by atoms with van der Waals surface area (Å²) in [6.45, 7) is 4.20. The second-order valence-electron chi connectivity index (χ2n) is 5.16. The quantitative estimate of drug-likeness (QED) is 0.855. The van der Waals surface area contributed by atoms with Crippen molar-refractivity contribution in [3.05, 3.63) is 17.6 Å². The molecule has 0 aromatic carbocycles. The van der Waals surface area contributed by atoms with Crippen LogP contribution in [0.1, 0.15) is 44.1 Å². The summed E-state index contributed by atoms with van der Waals surface area (Å²) in [5.74, 6) is 1.93. The highest BCUT2D eigenvalue weighted by atomic mass is 16.5. The SMILES string of the molecule is COC1(c2nc(C)cc(N)n2)CCCC(C)C1. The average Bonchev–Trinajstić information content (AvgIpc) is 2.27. The second kappa shape index (κ2) is 4.61. The zero-order chi connectivity index (χ0) is 12.5. The van der Waals surface area contributed by atoms with Crippen LogP contribution in [0.4, 0.5) is 5.82 Å². The molecule has 1 aromatic rings. The number of rotatable bonds is 2. The molecule has 2 rings (SSSR count). The van der Waals surface area contributed by atoms with E-state index in [0.717, 1.165) is 30.8 Å². The number of hydrogen-bond donors (Lipinski definition) is 1. The Morgan fingerprint density at radius 3 is 2.82 bits per heavy atom. The van der Waals surface area contributed by atoms with Crippen LogP contribution in [0.25, 0.3) is 0 Å². The van der Waals surface area contributed by atoms with Crippen LogP contribution in [0, 0.1) is 12.8 Å². The van der Waals surface area contributed by atoms with E-state index in [0.29, 0.717) is 11.7 Å². The Kier molecular flexibility index (Phi) is 3.33. The van der Waals surface area contributed by atoms with Gasteiger partial charge >= 0.3 is 0 Å². The molecule has 1 heterocycles. The predicted octanol–water partition coefficient (Wildman–Crippen LogP) is 2.42. The Morgan fingerprint density at radius 1 is 1.47 bits per heavy atom. The van der Waals surface area contributed by atoms with Crippen LogP contribution in [-0.4, -0.2) is 17.1 Å². The van der Waals surface area contributed by atoms with E-state index in [1.807, 2.05) is 6.92 Å². The van der Waals surface area contributed by atoms with Crippen LogP contribution in [0.3, 0.4) is 0 Å². The summed E-state index contributed by atoms with van der Waals surface area (Å²) in [7, 11) is 1.75. The van der Waals surface area contributed by atoms with Crippen molar-refractivity contribution in [3.8, 4) is 0 Å². The van der Waals surface area contributed by atoms with Gasteiger partial charge in [0, 0.05) is 18.9 Å². The highest BCUT2D eigenvalue weighted by Gasteiger charge is 2.39. The van der Waals surface area contributed by atoms with Gasteiger partial charge in [0.2, 0.25) is 0 Å². The number of nitrogens with zero attached hydrogens (tertiary/aromatic N) is 2. The van der Waals surface area contributed by atoms with E-state index in [-0.39, 0.29) is 5.60 Å². The number of nitrogen functional groups attached to an aromatic ring is 1. The van der Waals surface area contributed by atoms with Gasteiger partial charge in [-0.25, -0.2) is 9.97 Å². The lowest BCUT2D eigenvalue weighted by atomic mass is 9.78. The van der Waals surface area contributed by atoms with Crippen LogP contribution in [0.15, 0.2) is 6.07 Å². The molecule has 0 saturated heterocycles. The van der Waals surface area contributed by atoms with Gasteiger partial charge in [0.25, 0.3) is 0 Å². The van der Waals surface area contributed by atoms with E-state index < -0.39 is 0 Å². The first kappa shape index (κ1) is 12.3. The predicted molar refractivity (Wildman–Crippen MR) is 67.5 cm³/mol. The zero-order valence-corrected chi connectivity index (χ0v) is 10.9. The summed E-state index contributed by atoms with van der Waals surface area (Å²) >= 11 is 0. The molecule has 1 aliphatic rings. The monoisotopic (exact) mass is 235 g/mol.